The number of rotatable bonds is 6. The highest BCUT2D eigenvalue weighted by atomic mass is 19.1. The van der Waals surface area contributed by atoms with Crippen molar-refractivity contribution in [3.8, 4) is 17.6 Å². The van der Waals surface area contributed by atoms with Crippen LogP contribution in [0.5, 0.6) is 5.75 Å². The Morgan fingerprint density at radius 2 is 2.20 bits per heavy atom. The van der Waals surface area contributed by atoms with Gasteiger partial charge in [0.2, 0.25) is 0 Å². The third kappa shape index (κ3) is 3.45. The summed E-state index contributed by atoms with van der Waals surface area (Å²) in [7, 11) is 1.37. The van der Waals surface area contributed by atoms with Crippen LogP contribution < -0.4 is 4.74 Å². The summed E-state index contributed by atoms with van der Waals surface area (Å²) in [6, 6.07) is 2.74. The van der Waals surface area contributed by atoms with Crippen molar-refractivity contribution in [3.63, 3.8) is 0 Å². The van der Waals surface area contributed by atoms with E-state index in [-0.39, 0.29) is 23.5 Å². The van der Waals surface area contributed by atoms with Gasteiger partial charge in [0.25, 0.3) is 0 Å². The molecule has 0 saturated carbocycles. The zero-order valence-electron chi connectivity index (χ0n) is 11.8. The Morgan fingerprint density at radius 3 is 2.70 bits per heavy atom. The van der Waals surface area contributed by atoms with Gasteiger partial charge in [-0.25, -0.2) is 4.39 Å². The van der Waals surface area contributed by atoms with Crippen LogP contribution in [0, 0.1) is 17.7 Å². The summed E-state index contributed by atoms with van der Waals surface area (Å²) in [5.41, 5.74) is 0.431. The van der Waals surface area contributed by atoms with Crippen molar-refractivity contribution in [2.75, 3.05) is 7.11 Å². The molecule has 0 aromatic heterocycles. The highest BCUT2D eigenvalue weighted by molar-refractivity contribution is 5.99. The summed E-state index contributed by atoms with van der Waals surface area (Å²) >= 11 is 0. The van der Waals surface area contributed by atoms with Gasteiger partial charge >= 0.3 is 0 Å². The van der Waals surface area contributed by atoms with E-state index in [1.807, 2.05) is 6.92 Å². The lowest BCUT2D eigenvalue weighted by atomic mass is 9.91. The summed E-state index contributed by atoms with van der Waals surface area (Å²) in [5.74, 6) is 3.46. The molecule has 0 heterocycles. The Labute approximate surface area is 118 Å². The first kappa shape index (κ1) is 15.9. The van der Waals surface area contributed by atoms with Gasteiger partial charge in [-0.05, 0) is 25.5 Å². The molecule has 0 spiro atoms. The lowest BCUT2D eigenvalue weighted by Crippen LogP contribution is -2.16. The number of ketones is 1. The van der Waals surface area contributed by atoms with E-state index in [0.29, 0.717) is 18.3 Å². The van der Waals surface area contributed by atoms with Gasteiger partial charge in [-0.3, -0.25) is 4.79 Å². The Balaban J connectivity index is 3.37. The average molecular weight is 276 g/mol. The SMILES string of the molecule is CC#Cc1cc(F)c(C(C=O)C(=O)CCC)c(OC)c1. The van der Waals surface area contributed by atoms with Gasteiger partial charge in [-0.2, -0.15) is 0 Å². The van der Waals surface area contributed by atoms with E-state index in [4.69, 9.17) is 4.74 Å². The van der Waals surface area contributed by atoms with Crippen molar-refractivity contribution in [1.29, 1.82) is 0 Å². The molecule has 0 bridgehead atoms. The standard InChI is InChI=1S/C16H17FO3/c1-4-6-11-8-13(17)16(15(9-11)20-3)12(10-18)14(19)7-5-2/h8-10,12H,5,7H2,1-3H3. The summed E-state index contributed by atoms with van der Waals surface area (Å²) in [4.78, 5) is 23.1. The topological polar surface area (TPSA) is 43.4 Å². The number of hydrogen-bond donors (Lipinski definition) is 0. The predicted molar refractivity (Wildman–Crippen MR) is 74.2 cm³/mol. The third-order valence-electron chi connectivity index (χ3n) is 2.87. The molecule has 0 amide bonds. The number of aldehydes is 1. The van der Waals surface area contributed by atoms with Gasteiger partial charge in [0.15, 0.2) is 0 Å². The monoisotopic (exact) mass is 276 g/mol. The Bertz CT molecular complexity index is 567. The average Bonchev–Trinajstić information content (AvgIpc) is 2.42. The van der Waals surface area contributed by atoms with E-state index in [1.54, 1.807) is 6.92 Å². The van der Waals surface area contributed by atoms with E-state index in [9.17, 15) is 14.0 Å². The molecular formula is C16H17FO3. The normalized spacial score (nSPS) is 11.2. The zero-order chi connectivity index (χ0) is 15.1. The van der Waals surface area contributed by atoms with E-state index < -0.39 is 11.7 Å². The number of ether oxygens (including phenoxy) is 1. The Hall–Kier alpha value is -2.15. The Morgan fingerprint density at radius 1 is 1.50 bits per heavy atom. The van der Waals surface area contributed by atoms with E-state index >= 15 is 0 Å². The maximum atomic E-state index is 14.2. The minimum Gasteiger partial charge on any atom is -0.496 e. The molecule has 0 fully saturated rings. The lowest BCUT2D eigenvalue weighted by Gasteiger charge is -2.15. The molecular weight excluding hydrogens is 259 g/mol. The summed E-state index contributed by atoms with van der Waals surface area (Å²) in [5, 5.41) is 0. The molecule has 0 aliphatic heterocycles. The van der Waals surface area contributed by atoms with Crippen LogP contribution in [0.3, 0.4) is 0 Å². The van der Waals surface area contributed by atoms with Crippen LogP contribution in [0.1, 0.15) is 43.7 Å². The molecule has 1 aromatic rings. The van der Waals surface area contributed by atoms with E-state index in [1.165, 1.54) is 19.2 Å². The van der Waals surface area contributed by atoms with Gasteiger partial charge in [0.05, 0.1) is 7.11 Å². The first-order valence-corrected chi connectivity index (χ1v) is 6.37. The number of methoxy groups -OCH3 is 1. The fourth-order valence-electron chi connectivity index (χ4n) is 1.99. The molecule has 0 saturated heterocycles. The van der Waals surface area contributed by atoms with Gasteiger partial charge in [-0.1, -0.05) is 12.8 Å². The first-order valence-electron chi connectivity index (χ1n) is 6.37. The number of Topliss-reactive ketones (excluding diaryl/α,β-unsaturated/α-hetero) is 1. The van der Waals surface area contributed by atoms with Crippen LogP contribution in [-0.4, -0.2) is 19.2 Å². The second-order valence-electron chi connectivity index (χ2n) is 4.28. The molecule has 0 aliphatic rings. The molecule has 1 rings (SSSR count). The van der Waals surface area contributed by atoms with E-state index in [0.717, 1.165) is 0 Å². The number of benzene rings is 1. The largest absolute Gasteiger partial charge is 0.496 e. The molecule has 1 atom stereocenters. The fraction of sp³-hybridized carbons (Fsp3) is 0.375. The van der Waals surface area contributed by atoms with Gasteiger partial charge in [0.1, 0.15) is 29.6 Å². The number of halogens is 1. The molecule has 0 aliphatic carbocycles. The molecule has 20 heavy (non-hydrogen) atoms. The summed E-state index contributed by atoms with van der Waals surface area (Å²) < 4.78 is 19.3. The van der Waals surface area contributed by atoms with Crippen LogP contribution in [0.25, 0.3) is 0 Å². The van der Waals surface area contributed by atoms with Crippen molar-refractivity contribution in [2.24, 2.45) is 0 Å². The second kappa shape index (κ2) is 7.44. The fourth-order valence-corrected chi connectivity index (χ4v) is 1.99. The van der Waals surface area contributed by atoms with Crippen molar-refractivity contribution < 1.29 is 18.7 Å². The zero-order valence-corrected chi connectivity index (χ0v) is 11.8. The van der Waals surface area contributed by atoms with Crippen LogP contribution in [0.15, 0.2) is 12.1 Å². The van der Waals surface area contributed by atoms with Gasteiger partial charge in [0, 0.05) is 17.5 Å². The smallest absolute Gasteiger partial charge is 0.147 e. The third-order valence-corrected chi connectivity index (χ3v) is 2.87. The van der Waals surface area contributed by atoms with E-state index in [2.05, 4.69) is 11.8 Å². The minimum absolute atomic E-state index is 0.0115. The van der Waals surface area contributed by atoms with Crippen molar-refractivity contribution >= 4 is 12.1 Å². The molecule has 0 N–H and O–H groups in total. The number of hydrogen-bond acceptors (Lipinski definition) is 3. The van der Waals surface area contributed by atoms with Crippen LogP contribution in [-0.2, 0) is 9.59 Å². The molecule has 0 radical (unpaired) electrons. The molecule has 106 valence electrons. The maximum Gasteiger partial charge on any atom is 0.147 e. The van der Waals surface area contributed by atoms with Crippen molar-refractivity contribution in [1.82, 2.24) is 0 Å². The predicted octanol–water partition coefficient (Wildman–Crippen LogP) is 2.86. The summed E-state index contributed by atoms with van der Waals surface area (Å²) in [6.45, 7) is 3.46. The maximum absolute atomic E-state index is 14.2. The number of carbonyl (C=O) groups excluding carboxylic acids is 2. The minimum atomic E-state index is -1.13. The van der Waals surface area contributed by atoms with Crippen LogP contribution in [0.2, 0.25) is 0 Å². The molecule has 3 nitrogen and oxygen atoms in total. The molecule has 1 unspecified atom stereocenters. The van der Waals surface area contributed by atoms with Crippen LogP contribution in [0.4, 0.5) is 4.39 Å². The van der Waals surface area contributed by atoms with Gasteiger partial charge in [-0.15, -0.1) is 5.92 Å². The highest BCUT2D eigenvalue weighted by Gasteiger charge is 2.26. The second-order valence-corrected chi connectivity index (χ2v) is 4.28. The quantitative estimate of drug-likeness (QED) is 0.456. The van der Waals surface area contributed by atoms with Crippen molar-refractivity contribution in [3.05, 3.63) is 29.1 Å². The Kier molecular flexibility index (Phi) is 5.92. The molecule has 4 heteroatoms. The lowest BCUT2D eigenvalue weighted by molar-refractivity contribution is -0.124. The van der Waals surface area contributed by atoms with Gasteiger partial charge < -0.3 is 9.53 Å². The summed E-state index contributed by atoms with van der Waals surface area (Å²) in [6.07, 6.45) is 1.29. The van der Waals surface area contributed by atoms with Crippen molar-refractivity contribution in [2.45, 2.75) is 32.6 Å². The molecule has 1 aromatic carbocycles. The number of carbonyl (C=O) groups is 2. The van der Waals surface area contributed by atoms with Crippen LogP contribution >= 0.6 is 0 Å². The highest BCUT2D eigenvalue weighted by Crippen LogP contribution is 2.31. The first-order chi connectivity index (χ1) is 9.58.